The van der Waals surface area contributed by atoms with Crippen molar-refractivity contribution in [2.45, 2.75) is 40.2 Å². The highest BCUT2D eigenvalue weighted by Crippen LogP contribution is 2.44. The van der Waals surface area contributed by atoms with Gasteiger partial charge >= 0.3 is 12.1 Å². The molecule has 3 aromatic heterocycles. The number of nitrogens with zero attached hydrogens (tertiary/aromatic N) is 5. The summed E-state index contributed by atoms with van der Waals surface area (Å²) in [4.78, 5) is 39.1. The van der Waals surface area contributed by atoms with Crippen LogP contribution in [0, 0.1) is 24.6 Å². The number of hydrogen-bond donors (Lipinski definition) is 3. The van der Waals surface area contributed by atoms with E-state index in [-0.39, 0.29) is 43.2 Å². The van der Waals surface area contributed by atoms with Gasteiger partial charge in [-0.2, -0.15) is 0 Å². The van der Waals surface area contributed by atoms with Gasteiger partial charge in [-0.3, -0.25) is 9.69 Å². The molecule has 5 aromatic rings. The van der Waals surface area contributed by atoms with Gasteiger partial charge in [0.15, 0.2) is 11.6 Å². The van der Waals surface area contributed by atoms with Crippen LogP contribution in [0.2, 0.25) is 0 Å². The van der Waals surface area contributed by atoms with Crippen molar-refractivity contribution >= 4 is 34.4 Å². The van der Waals surface area contributed by atoms with Crippen molar-refractivity contribution in [1.82, 2.24) is 24.4 Å². The van der Waals surface area contributed by atoms with Gasteiger partial charge in [-0.1, -0.05) is 36.6 Å². The number of ether oxygens (including phenoxy) is 2. The molecule has 0 saturated carbocycles. The van der Waals surface area contributed by atoms with Gasteiger partial charge in [0.2, 0.25) is 0 Å². The van der Waals surface area contributed by atoms with Gasteiger partial charge in [0.25, 0.3) is 5.91 Å². The van der Waals surface area contributed by atoms with Crippen molar-refractivity contribution in [2.75, 3.05) is 30.7 Å². The Kier molecular flexibility index (Phi) is 10.9. The molecule has 3 heterocycles. The van der Waals surface area contributed by atoms with Gasteiger partial charge in [0.05, 0.1) is 35.3 Å². The van der Waals surface area contributed by atoms with Crippen LogP contribution in [0.3, 0.4) is 0 Å². The van der Waals surface area contributed by atoms with Crippen molar-refractivity contribution in [3.05, 3.63) is 90.2 Å². The maximum Gasteiger partial charge on any atom is 0.411 e. The highest BCUT2D eigenvalue weighted by Gasteiger charge is 2.25. The van der Waals surface area contributed by atoms with Gasteiger partial charge < -0.3 is 30.2 Å². The molecule has 0 aliphatic rings. The molecule has 0 atom stereocenters. The third-order valence-corrected chi connectivity index (χ3v) is 7.75. The molecule has 13 heteroatoms. The Morgan fingerprint density at radius 3 is 2.46 bits per heavy atom. The summed E-state index contributed by atoms with van der Waals surface area (Å²) in [5.41, 5.74) is 11.0. The molecule has 5 rings (SSSR count). The highest BCUT2D eigenvalue weighted by molar-refractivity contribution is 6.11. The van der Waals surface area contributed by atoms with Crippen LogP contribution in [0.4, 0.5) is 20.7 Å². The topological polar surface area (TPSA) is 158 Å². The zero-order valence-electron chi connectivity index (χ0n) is 29.9. The molecular weight excluding hydrogens is 665 g/mol. The Balaban J connectivity index is 1.64. The average Bonchev–Trinajstić information content (AvgIpc) is 3.39. The number of fused-ring (bicyclic) bond motifs is 1. The lowest BCUT2D eigenvalue weighted by atomic mass is 9.97. The molecule has 2 aromatic carbocycles. The zero-order valence-corrected chi connectivity index (χ0v) is 29.9. The summed E-state index contributed by atoms with van der Waals surface area (Å²) in [5, 5.41) is 12.9. The summed E-state index contributed by atoms with van der Waals surface area (Å²) in [6, 6.07) is 13.4. The van der Waals surface area contributed by atoms with E-state index in [0.717, 1.165) is 5.56 Å². The normalized spacial score (nSPS) is 11.1. The number of amides is 2. The van der Waals surface area contributed by atoms with Crippen LogP contribution < -0.4 is 15.8 Å². The number of aliphatic hydroxyl groups excluding tert-OH is 1. The van der Waals surface area contributed by atoms with Crippen LogP contribution in [0.15, 0.2) is 73.1 Å². The fourth-order valence-corrected chi connectivity index (χ4v) is 5.39. The van der Waals surface area contributed by atoms with Gasteiger partial charge in [0, 0.05) is 48.5 Å². The summed E-state index contributed by atoms with van der Waals surface area (Å²) in [5.74, 6) is 5.29. The molecule has 0 aliphatic heterocycles. The van der Waals surface area contributed by atoms with Crippen molar-refractivity contribution in [1.29, 1.82) is 0 Å². The molecule has 0 aliphatic carbocycles. The number of carbonyl (C=O) groups excluding carboxylic acids is 2. The first-order chi connectivity index (χ1) is 24.7. The van der Waals surface area contributed by atoms with E-state index in [9.17, 15) is 14.7 Å². The van der Waals surface area contributed by atoms with E-state index in [1.807, 2.05) is 23.7 Å². The minimum absolute atomic E-state index is 0.0113. The lowest BCUT2D eigenvalue weighted by Crippen LogP contribution is -2.38. The summed E-state index contributed by atoms with van der Waals surface area (Å²) in [6.07, 6.45) is 2.46. The molecule has 12 nitrogen and oxygen atoms in total. The molecule has 268 valence electrons. The molecule has 0 unspecified atom stereocenters. The standard InChI is InChI=1S/C39H40FN7O5/c1-23(2)36(49)45-28-13-10-25(11-14-28)33-31(26-12-15-30(29(40)21-26)51-37-42-17-16-24(3)44-37)32-34(46(33)7)27(22-43-35(32)41)9-8-18-47(19-20-48)38(50)52-39(4,5)6/h10-17,21-22,48H,1,18-20H2,2-7H3,(H2,41,43)(H,45,49). The second kappa shape index (κ2) is 15.3. The van der Waals surface area contributed by atoms with Crippen LogP contribution >= 0.6 is 0 Å². The van der Waals surface area contributed by atoms with Gasteiger partial charge in [0.1, 0.15) is 11.4 Å². The first-order valence-electron chi connectivity index (χ1n) is 16.4. The molecule has 0 saturated heterocycles. The summed E-state index contributed by atoms with van der Waals surface area (Å²) < 4.78 is 28.8. The Bertz CT molecular complexity index is 2230. The van der Waals surface area contributed by atoms with Crippen LogP contribution in [-0.4, -0.2) is 66.8 Å². The van der Waals surface area contributed by atoms with Gasteiger partial charge in [-0.15, -0.1) is 0 Å². The number of nitrogen functional groups attached to an aromatic ring is 1. The van der Waals surface area contributed by atoms with Crippen molar-refractivity contribution < 1.29 is 28.6 Å². The van der Waals surface area contributed by atoms with E-state index in [1.54, 1.807) is 58.9 Å². The molecule has 0 bridgehead atoms. The van der Waals surface area contributed by atoms with E-state index in [2.05, 4.69) is 38.7 Å². The first kappa shape index (κ1) is 37.0. The lowest BCUT2D eigenvalue weighted by Gasteiger charge is -2.25. The van der Waals surface area contributed by atoms with Crippen molar-refractivity contribution in [3.8, 4) is 46.0 Å². The monoisotopic (exact) mass is 705 g/mol. The van der Waals surface area contributed by atoms with Crippen molar-refractivity contribution in [2.24, 2.45) is 7.05 Å². The largest absolute Gasteiger partial charge is 0.444 e. The first-order valence-corrected chi connectivity index (χ1v) is 16.4. The maximum absolute atomic E-state index is 15.8. The van der Waals surface area contributed by atoms with E-state index in [4.69, 9.17) is 15.2 Å². The van der Waals surface area contributed by atoms with Crippen molar-refractivity contribution in [3.63, 3.8) is 0 Å². The average molecular weight is 706 g/mol. The van der Waals surface area contributed by atoms with Crippen LogP contribution in [0.5, 0.6) is 11.8 Å². The Hall–Kier alpha value is -6.26. The van der Waals surface area contributed by atoms with E-state index < -0.39 is 17.5 Å². The summed E-state index contributed by atoms with van der Waals surface area (Å²) in [6.45, 7) is 12.1. The van der Waals surface area contributed by atoms with Crippen LogP contribution in [0.25, 0.3) is 33.3 Å². The number of nitrogens with one attached hydrogen (secondary N) is 1. The van der Waals surface area contributed by atoms with E-state index in [1.165, 1.54) is 29.4 Å². The second-order valence-electron chi connectivity index (χ2n) is 13.0. The van der Waals surface area contributed by atoms with E-state index >= 15 is 4.39 Å². The number of rotatable bonds is 9. The number of halogens is 1. The molecule has 0 radical (unpaired) electrons. The smallest absolute Gasteiger partial charge is 0.411 e. The quantitative estimate of drug-likeness (QED) is 0.113. The number of carbonyl (C=O) groups is 2. The second-order valence-corrected chi connectivity index (χ2v) is 13.0. The molecule has 0 spiro atoms. The number of aromatic nitrogens is 4. The molecule has 52 heavy (non-hydrogen) atoms. The maximum atomic E-state index is 15.8. The lowest BCUT2D eigenvalue weighted by molar-refractivity contribution is -0.112. The van der Waals surface area contributed by atoms with Crippen LogP contribution in [-0.2, 0) is 16.6 Å². The Morgan fingerprint density at radius 2 is 1.83 bits per heavy atom. The van der Waals surface area contributed by atoms with E-state index in [0.29, 0.717) is 50.2 Å². The minimum Gasteiger partial charge on any atom is -0.444 e. The molecule has 0 fully saturated rings. The number of hydrogen-bond acceptors (Lipinski definition) is 9. The number of aliphatic hydroxyl groups is 1. The minimum atomic E-state index is -0.729. The third kappa shape index (κ3) is 8.36. The Morgan fingerprint density at radius 1 is 1.12 bits per heavy atom. The summed E-state index contributed by atoms with van der Waals surface area (Å²) >= 11 is 0. The van der Waals surface area contributed by atoms with Gasteiger partial charge in [-0.05, 0) is 76.1 Å². The third-order valence-electron chi connectivity index (χ3n) is 7.75. The number of benzene rings is 2. The molecular formula is C39H40FN7O5. The predicted molar refractivity (Wildman–Crippen MR) is 198 cm³/mol. The SMILES string of the molecule is C=C(C)C(=O)Nc1ccc(-c2c(-c3ccc(Oc4nccc(C)n4)c(F)c3)c3c(N)ncc(C#CCN(CCO)C(=O)OC(C)(C)C)c3n2C)cc1. The summed E-state index contributed by atoms with van der Waals surface area (Å²) in [7, 11) is 1.84. The fourth-order valence-electron chi connectivity index (χ4n) is 5.39. The highest BCUT2D eigenvalue weighted by atomic mass is 19.1. The number of nitrogens with two attached hydrogens (primary N) is 1. The Labute approximate surface area is 301 Å². The van der Waals surface area contributed by atoms with Gasteiger partial charge in [-0.25, -0.2) is 24.1 Å². The molecule has 2 amide bonds. The zero-order chi connectivity index (χ0) is 37.7. The molecule has 4 N–H and O–H groups in total. The number of anilines is 2. The fraction of sp³-hybridized carbons (Fsp3) is 0.256. The number of pyridine rings is 1. The predicted octanol–water partition coefficient (Wildman–Crippen LogP) is 6.61. The van der Waals surface area contributed by atoms with Crippen LogP contribution in [0.1, 0.15) is 39.0 Å². The number of aryl methyl sites for hydroxylation is 2.